The third-order valence-corrected chi connectivity index (χ3v) is 4.58. The third-order valence-electron chi connectivity index (χ3n) is 4.58. The summed E-state index contributed by atoms with van der Waals surface area (Å²) in [5.74, 6) is 0. The lowest BCUT2D eigenvalue weighted by molar-refractivity contribution is 0.147. The average molecular weight is 357 g/mol. The number of hydrogen-bond donors (Lipinski definition) is 1. The van der Waals surface area contributed by atoms with Crippen molar-refractivity contribution in [3.05, 3.63) is 47.3 Å². The van der Waals surface area contributed by atoms with Crippen molar-refractivity contribution in [2.45, 2.75) is 6.54 Å². The minimum absolute atomic E-state index is 0.0565. The molecule has 134 valence electrons. The molecule has 1 aliphatic rings. The summed E-state index contributed by atoms with van der Waals surface area (Å²) in [5.41, 5.74) is 2.24. The highest BCUT2D eigenvalue weighted by Gasteiger charge is 2.14. The molecule has 0 aliphatic carbocycles. The normalized spacial score (nSPS) is 14.7. The fourth-order valence-electron chi connectivity index (χ4n) is 3.00. The number of fused-ring (bicyclic) bond motifs is 1. The van der Waals surface area contributed by atoms with Crippen LogP contribution in [0, 0.1) is 34.0 Å². The van der Waals surface area contributed by atoms with Crippen LogP contribution in [0.3, 0.4) is 0 Å². The first-order chi connectivity index (χ1) is 13.1. The number of nitrogens with one attached hydrogen (secondary N) is 1. The van der Waals surface area contributed by atoms with E-state index >= 15 is 0 Å². The molecule has 7 nitrogen and oxygen atoms in total. The van der Waals surface area contributed by atoms with E-state index in [9.17, 15) is 0 Å². The predicted molar refractivity (Wildman–Crippen MR) is 102 cm³/mol. The zero-order valence-corrected chi connectivity index (χ0v) is 15.1. The van der Waals surface area contributed by atoms with Crippen LogP contribution >= 0.6 is 0 Å². The summed E-state index contributed by atoms with van der Waals surface area (Å²) in [5, 5.41) is 30.8. The smallest absolute Gasteiger partial charge is 0.163 e. The van der Waals surface area contributed by atoms with Gasteiger partial charge in [-0.25, -0.2) is 0 Å². The Labute approximate surface area is 158 Å². The van der Waals surface area contributed by atoms with Gasteiger partial charge in [0.25, 0.3) is 0 Å². The Balaban J connectivity index is 1.78. The second-order valence-electron chi connectivity index (χ2n) is 6.50. The number of benzene rings is 1. The van der Waals surface area contributed by atoms with Gasteiger partial charge in [0, 0.05) is 43.8 Å². The van der Waals surface area contributed by atoms with E-state index in [2.05, 4.69) is 22.2 Å². The van der Waals surface area contributed by atoms with Gasteiger partial charge in [-0.05, 0) is 31.3 Å². The van der Waals surface area contributed by atoms with E-state index in [0.29, 0.717) is 5.69 Å². The quantitative estimate of drug-likeness (QED) is 0.837. The van der Waals surface area contributed by atoms with Gasteiger partial charge in [-0.3, -0.25) is 9.88 Å². The molecule has 0 saturated carbocycles. The van der Waals surface area contributed by atoms with Crippen molar-refractivity contribution in [3.63, 3.8) is 0 Å². The minimum Gasteiger partial charge on any atom is -0.345 e. The maximum atomic E-state index is 9.15. The highest BCUT2D eigenvalue weighted by Crippen LogP contribution is 2.20. The van der Waals surface area contributed by atoms with Crippen LogP contribution in [-0.4, -0.2) is 48.0 Å². The fourth-order valence-corrected chi connectivity index (χ4v) is 3.00. The zero-order chi connectivity index (χ0) is 19.2. The summed E-state index contributed by atoms with van der Waals surface area (Å²) in [6.45, 7) is 5.07. The van der Waals surface area contributed by atoms with E-state index in [-0.39, 0.29) is 11.3 Å². The predicted octanol–water partition coefficient (Wildman–Crippen LogP) is 2.22. The minimum atomic E-state index is -0.238. The lowest BCUT2D eigenvalue weighted by Gasteiger charge is -2.32. The Morgan fingerprint density at radius 3 is 2.44 bits per heavy atom. The highest BCUT2D eigenvalue weighted by molar-refractivity contribution is 5.83. The SMILES string of the molecule is CN1CCN(Cc2ccc3cc(NC(C#N)=C(C#N)C#N)ccc3n2)CC1. The molecule has 0 unspecified atom stereocenters. The molecule has 2 aromatic rings. The molecule has 0 amide bonds. The van der Waals surface area contributed by atoms with E-state index < -0.39 is 0 Å². The summed E-state index contributed by atoms with van der Waals surface area (Å²) in [6, 6.07) is 14.8. The van der Waals surface area contributed by atoms with Crippen LogP contribution in [0.2, 0.25) is 0 Å². The molecule has 7 heteroatoms. The van der Waals surface area contributed by atoms with Crippen molar-refractivity contribution < 1.29 is 0 Å². The second kappa shape index (κ2) is 8.29. The molecule has 0 bridgehead atoms. The van der Waals surface area contributed by atoms with Crippen LogP contribution in [-0.2, 0) is 6.54 Å². The van der Waals surface area contributed by atoms with Crippen molar-refractivity contribution in [1.82, 2.24) is 14.8 Å². The highest BCUT2D eigenvalue weighted by atomic mass is 15.2. The Bertz CT molecular complexity index is 980. The third kappa shape index (κ3) is 4.40. The number of likely N-dealkylation sites (N-methyl/N-ethyl adjacent to an activating group) is 1. The van der Waals surface area contributed by atoms with E-state index in [0.717, 1.165) is 49.3 Å². The van der Waals surface area contributed by atoms with Gasteiger partial charge in [-0.1, -0.05) is 6.07 Å². The summed E-state index contributed by atoms with van der Waals surface area (Å²) < 4.78 is 0. The van der Waals surface area contributed by atoms with Crippen molar-refractivity contribution in [3.8, 4) is 18.2 Å². The lowest BCUT2D eigenvalue weighted by atomic mass is 10.1. The Morgan fingerprint density at radius 2 is 1.78 bits per heavy atom. The summed E-state index contributed by atoms with van der Waals surface area (Å²) in [7, 11) is 2.14. The number of pyridine rings is 1. The van der Waals surface area contributed by atoms with Gasteiger partial charge in [-0.2, -0.15) is 15.8 Å². The van der Waals surface area contributed by atoms with Crippen LogP contribution in [0.5, 0.6) is 0 Å². The Kier molecular flexibility index (Phi) is 5.64. The number of aromatic nitrogens is 1. The molecule has 0 radical (unpaired) electrons. The number of hydrogen-bond acceptors (Lipinski definition) is 7. The molecule has 1 saturated heterocycles. The lowest BCUT2D eigenvalue weighted by Crippen LogP contribution is -2.43. The van der Waals surface area contributed by atoms with Crippen LogP contribution in [0.15, 0.2) is 41.6 Å². The number of anilines is 1. The molecule has 3 rings (SSSR count). The van der Waals surface area contributed by atoms with Crippen molar-refractivity contribution in [1.29, 1.82) is 15.8 Å². The number of piperazine rings is 1. The molecule has 27 heavy (non-hydrogen) atoms. The molecule has 1 N–H and O–H groups in total. The van der Waals surface area contributed by atoms with E-state index in [1.165, 1.54) is 0 Å². The summed E-state index contributed by atoms with van der Waals surface area (Å²) in [6.07, 6.45) is 0. The molecular formula is C20H19N7. The number of allylic oxidation sites excluding steroid dienone is 2. The molecular weight excluding hydrogens is 338 g/mol. The van der Waals surface area contributed by atoms with Gasteiger partial charge in [0.05, 0.1) is 11.2 Å². The van der Waals surface area contributed by atoms with E-state index in [1.54, 1.807) is 18.2 Å². The van der Waals surface area contributed by atoms with Gasteiger partial charge in [0.15, 0.2) is 5.57 Å². The van der Waals surface area contributed by atoms with E-state index in [1.807, 2.05) is 30.3 Å². The van der Waals surface area contributed by atoms with Crippen LogP contribution in [0.4, 0.5) is 5.69 Å². The fraction of sp³-hybridized carbons (Fsp3) is 0.300. The monoisotopic (exact) mass is 357 g/mol. The number of rotatable bonds is 4. The Hall–Kier alpha value is -3.44. The maximum absolute atomic E-state index is 9.15. The number of nitrogens with zero attached hydrogens (tertiary/aromatic N) is 6. The van der Waals surface area contributed by atoms with Gasteiger partial charge in [0.2, 0.25) is 0 Å². The topological polar surface area (TPSA) is 103 Å². The average Bonchev–Trinajstić information content (AvgIpc) is 2.70. The van der Waals surface area contributed by atoms with Crippen molar-refractivity contribution >= 4 is 16.6 Å². The maximum Gasteiger partial charge on any atom is 0.163 e. The van der Waals surface area contributed by atoms with Gasteiger partial charge in [-0.15, -0.1) is 0 Å². The van der Waals surface area contributed by atoms with Crippen LogP contribution in [0.1, 0.15) is 5.69 Å². The van der Waals surface area contributed by atoms with Crippen molar-refractivity contribution in [2.75, 3.05) is 38.5 Å². The van der Waals surface area contributed by atoms with Crippen molar-refractivity contribution in [2.24, 2.45) is 0 Å². The number of nitriles is 3. The second-order valence-corrected chi connectivity index (χ2v) is 6.50. The first-order valence-electron chi connectivity index (χ1n) is 8.65. The van der Waals surface area contributed by atoms with Gasteiger partial charge >= 0.3 is 0 Å². The first-order valence-corrected chi connectivity index (χ1v) is 8.65. The first kappa shape index (κ1) is 18.4. The molecule has 1 aromatic carbocycles. The summed E-state index contributed by atoms with van der Waals surface area (Å²) >= 11 is 0. The van der Waals surface area contributed by atoms with Gasteiger partial charge in [0.1, 0.15) is 23.9 Å². The van der Waals surface area contributed by atoms with Gasteiger partial charge < -0.3 is 10.2 Å². The molecule has 1 aromatic heterocycles. The molecule has 0 spiro atoms. The zero-order valence-electron chi connectivity index (χ0n) is 15.1. The van der Waals surface area contributed by atoms with Crippen LogP contribution < -0.4 is 5.32 Å². The van der Waals surface area contributed by atoms with Crippen LogP contribution in [0.25, 0.3) is 10.9 Å². The molecule has 1 aliphatic heterocycles. The molecule has 2 heterocycles. The van der Waals surface area contributed by atoms with E-state index in [4.69, 9.17) is 20.8 Å². The Morgan fingerprint density at radius 1 is 1.04 bits per heavy atom. The summed E-state index contributed by atoms with van der Waals surface area (Å²) in [4.78, 5) is 9.46. The molecule has 1 fully saturated rings. The largest absolute Gasteiger partial charge is 0.345 e. The molecule has 0 atom stereocenters. The standard InChI is InChI=1S/C20H19N7/c1-26-6-8-27(9-7-26)14-18-3-2-15-10-17(4-5-19(15)25-18)24-20(13-23)16(11-21)12-22/h2-5,10,24H,6-9,14H2,1H3.